The Morgan fingerprint density at radius 2 is 1.97 bits per heavy atom. The summed E-state index contributed by atoms with van der Waals surface area (Å²) in [6.07, 6.45) is -0.321. The molecule has 11 heteroatoms. The molecular weight excluding hydrogens is 436 g/mol. The van der Waals surface area contributed by atoms with Gasteiger partial charge in [-0.25, -0.2) is 0 Å². The second-order valence-corrected chi connectivity index (χ2v) is 8.91. The van der Waals surface area contributed by atoms with Crippen LogP contribution in [0.5, 0.6) is 11.5 Å². The number of nitrogens with zero attached hydrogens (tertiary/aromatic N) is 5. The zero-order valence-corrected chi connectivity index (χ0v) is 19.8. The summed E-state index contributed by atoms with van der Waals surface area (Å²) >= 11 is 2.71. The largest absolute Gasteiger partial charge is 0.497 e. The fourth-order valence-electron chi connectivity index (χ4n) is 2.74. The van der Waals surface area contributed by atoms with Crippen LogP contribution in [-0.4, -0.2) is 43.7 Å². The van der Waals surface area contributed by atoms with Gasteiger partial charge in [0.05, 0.1) is 12.9 Å². The van der Waals surface area contributed by atoms with E-state index in [4.69, 9.17) is 9.47 Å². The van der Waals surface area contributed by atoms with Gasteiger partial charge in [0.15, 0.2) is 17.1 Å². The standard InChI is InChI=1S/C20H26N6O3S2/c1-6-26-17(13(4)29-15-9-7-8-14(10-15)28-5)22-25-20(26)30-11-16(27)21-19-24-23-18(31-19)12(2)3/h7-10,12-13H,6,11H2,1-5H3,(H,21,24,27). The van der Waals surface area contributed by atoms with E-state index in [0.717, 1.165) is 10.8 Å². The molecule has 0 aliphatic heterocycles. The van der Waals surface area contributed by atoms with Crippen LogP contribution >= 0.6 is 23.1 Å². The maximum atomic E-state index is 12.3. The van der Waals surface area contributed by atoms with Gasteiger partial charge < -0.3 is 14.0 Å². The molecule has 31 heavy (non-hydrogen) atoms. The summed E-state index contributed by atoms with van der Waals surface area (Å²) in [5.74, 6) is 2.41. The Morgan fingerprint density at radius 1 is 1.19 bits per heavy atom. The van der Waals surface area contributed by atoms with E-state index < -0.39 is 0 Å². The Labute approximate surface area is 189 Å². The summed E-state index contributed by atoms with van der Waals surface area (Å²) in [4.78, 5) is 12.3. The molecule has 1 unspecified atom stereocenters. The minimum atomic E-state index is -0.321. The minimum absolute atomic E-state index is 0.163. The van der Waals surface area contributed by atoms with Gasteiger partial charge in [-0.15, -0.1) is 20.4 Å². The topological polar surface area (TPSA) is 104 Å². The quantitative estimate of drug-likeness (QED) is 0.448. The number of amides is 1. The van der Waals surface area contributed by atoms with Crippen LogP contribution in [0.4, 0.5) is 5.13 Å². The monoisotopic (exact) mass is 462 g/mol. The van der Waals surface area contributed by atoms with Crippen LogP contribution in [0.2, 0.25) is 0 Å². The number of rotatable bonds is 10. The van der Waals surface area contributed by atoms with Gasteiger partial charge >= 0.3 is 0 Å². The molecule has 0 radical (unpaired) electrons. The number of benzene rings is 1. The smallest absolute Gasteiger partial charge is 0.236 e. The highest BCUT2D eigenvalue weighted by Gasteiger charge is 2.20. The number of ether oxygens (including phenoxy) is 2. The maximum absolute atomic E-state index is 12.3. The zero-order chi connectivity index (χ0) is 22.4. The highest BCUT2D eigenvalue weighted by molar-refractivity contribution is 7.99. The number of anilines is 1. The highest BCUT2D eigenvalue weighted by Crippen LogP contribution is 2.27. The van der Waals surface area contributed by atoms with Crippen LogP contribution in [0.1, 0.15) is 50.5 Å². The van der Waals surface area contributed by atoms with Gasteiger partial charge in [0, 0.05) is 18.5 Å². The van der Waals surface area contributed by atoms with Crippen molar-refractivity contribution >= 4 is 34.1 Å². The van der Waals surface area contributed by atoms with Crippen molar-refractivity contribution in [3.05, 3.63) is 35.1 Å². The summed E-state index contributed by atoms with van der Waals surface area (Å²) in [6, 6.07) is 7.41. The number of nitrogens with one attached hydrogen (secondary N) is 1. The highest BCUT2D eigenvalue weighted by atomic mass is 32.2. The van der Waals surface area contributed by atoms with Crippen molar-refractivity contribution in [3.63, 3.8) is 0 Å². The van der Waals surface area contributed by atoms with Gasteiger partial charge in [-0.2, -0.15) is 0 Å². The fraction of sp³-hybridized carbons (Fsp3) is 0.450. The number of carbonyl (C=O) groups is 1. The molecule has 1 atom stereocenters. The van der Waals surface area contributed by atoms with E-state index in [2.05, 4.69) is 25.7 Å². The van der Waals surface area contributed by atoms with Crippen molar-refractivity contribution in [1.82, 2.24) is 25.0 Å². The molecule has 9 nitrogen and oxygen atoms in total. The molecule has 0 aliphatic rings. The molecule has 0 saturated carbocycles. The molecule has 1 aromatic carbocycles. The second-order valence-electron chi connectivity index (χ2n) is 6.96. The van der Waals surface area contributed by atoms with E-state index in [9.17, 15) is 4.79 Å². The maximum Gasteiger partial charge on any atom is 0.236 e. The molecule has 166 valence electrons. The number of aromatic nitrogens is 5. The molecule has 3 aromatic rings. The molecule has 0 bridgehead atoms. The normalized spacial score (nSPS) is 12.1. The SMILES string of the molecule is CCn1c(SCC(=O)Nc2nnc(C(C)C)s2)nnc1C(C)Oc1cccc(OC)c1. The van der Waals surface area contributed by atoms with Gasteiger partial charge in [0.2, 0.25) is 11.0 Å². The number of carbonyl (C=O) groups excluding carboxylic acids is 1. The van der Waals surface area contributed by atoms with Gasteiger partial charge in [-0.1, -0.05) is 43.0 Å². The van der Waals surface area contributed by atoms with Crippen molar-refractivity contribution in [2.75, 3.05) is 18.2 Å². The predicted octanol–water partition coefficient (Wildman–Crippen LogP) is 4.15. The first-order valence-corrected chi connectivity index (χ1v) is 11.7. The molecule has 0 spiro atoms. The summed E-state index contributed by atoms with van der Waals surface area (Å²) in [5, 5.41) is 21.5. The Balaban J connectivity index is 1.61. The lowest BCUT2D eigenvalue weighted by Crippen LogP contribution is -2.15. The molecule has 0 saturated heterocycles. The van der Waals surface area contributed by atoms with E-state index in [-0.39, 0.29) is 23.7 Å². The van der Waals surface area contributed by atoms with E-state index in [0.29, 0.717) is 28.4 Å². The van der Waals surface area contributed by atoms with Gasteiger partial charge in [0.1, 0.15) is 16.5 Å². The lowest BCUT2D eigenvalue weighted by atomic mass is 10.2. The van der Waals surface area contributed by atoms with E-state index in [1.54, 1.807) is 7.11 Å². The van der Waals surface area contributed by atoms with Crippen molar-refractivity contribution in [1.29, 1.82) is 0 Å². The molecule has 2 heterocycles. The lowest BCUT2D eigenvalue weighted by Gasteiger charge is -2.16. The van der Waals surface area contributed by atoms with Crippen molar-refractivity contribution in [2.45, 2.75) is 51.4 Å². The number of thioether (sulfide) groups is 1. The zero-order valence-electron chi connectivity index (χ0n) is 18.2. The average Bonchev–Trinajstić information content (AvgIpc) is 3.39. The van der Waals surface area contributed by atoms with Crippen molar-refractivity contribution in [2.24, 2.45) is 0 Å². The number of hydrogen-bond donors (Lipinski definition) is 1. The Morgan fingerprint density at radius 3 is 2.65 bits per heavy atom. The summed E-state index contributed by atoms with van der Waals surface area (Å²) in [5.41, 5.74) is 0. The average molecular weight is 463 g/mol. The third-order valence-electron chi connectivity index (χ3n) is 4.29. The third kappa shape index (κ3) is 5.95. The van der Waals surface area contributed by atoms with Gasteiger partial charge in [-0.05, 0) is 26.0 Å². The summed E-state index contributed by atoms with van der Waals surface area (Å²) in [6.45, 7) is 8.65. The molecule has 1 amide bonds. The third-order valence-corrected chi connectivity index (χ3v) is 6.40. The van der Waals surface area contributed by atoms with E-state index in [1.807, 2.05) is 56.5 Å². The van der Waals surface area contributed by atoms with Crippen molar-refractivity contribution in [3.8, 4) is 11.5 Å². The van der Waals surface area contributed by atoms with Gasteiger partial charge in [0.25, 0.3) is 0 Å². The predicted molar refractivity (Wildman–Crippen MR) is 121 cm³/mol. The first-order valence-electron chi connectivity index (χ1n) is 9.91. The fourth-order valence-corrected chi connectivity index (χ4v) is 4.31. The molecule has 2 aromatic heterocycles. The van der Waals surface area contributed by atoms with Crippen LogP contribution < -0.4 is 14.8 Å². The first kappa shape index (κ1) is 23.0. The number of methoxy groups -OCH3 is 1. The lowest BCUT2D eigenvalue weighted by molar-refractivity contribution is -0.113. The molecular formula is C20H26N6O3S2. The Bertz CT molecular complexity index is 1020. The van der Waals surface area contributed by atoms with Crippen molar-refractivity contribution < 1.29 is 14.3 Å². The molecule has 3 rings (SSSR count). The minimum Gasteiger partial charge on any atom is -0.497 e. The Hall–Kier alpha value is -2.66. The van der Waals surface area contributed by atoms with Crippen LogP contribution in [0.15, 0.2) is 29.4 Å². The first-order chi connectivity index (χ1) is 14.9. The number of hydrogen-bond acceptors (Lipinski definition) is 9. The molecule has 0 fully saturated rings. The molecule has 1 N–H and O–H groups in total. The second kappa shape index (κ2) is 10.6. The van der Waals surface area contributed by atoms with E-state index in [1.165, 1.54) is 23.1 Å². The van der Waals surface area contributed by atoms with E-state index >= 15 is 0 Å². The van der Waals surface area contributed by atoms with Crippen LogP contribution in [0, 0.1) is 0 Å². The molecule has 0 aliphatic carbocycles. The van der Waals surface area contributed by atoms with Gasteiger partial charge in [-0.3, -0.25) is 10.1 Å². The van der Waals surface area contributed by atoms with Crippen LogP contribution in [0.3, 0.4) is 0 Å². The Kier molecular flexibility index (Phi) is 7.85. The van der Waals surface area contributed by atoms with Crippen LogP contribution in [-0.2, 0) is 11.3 Å². The summed E-state index contributed by atoms with van der Waals surface area (Å²) in [7, 11) is 1.62. The van der Waals surface area contributed by atoms with Crippen LogP contribution in [0.25, 0.3) is 0 Å². The summed E-state index contributed by atoms with van der Waals surface area (Å²) < 4.78 is 13.2.